The monoisotopic (exact) mass is 459 g/mol. The van der Waals surface area contributed by atoms with Gasteiger partial charge in [-0.3, -0.25) is 14.6 Å². The number of benzene rings is 1. The standard InChI is InChI=1S/C25H28F3N3O2/c26-25(27,28)21-7-3-6-20(15-21)24(10-1-2-11-24)23(33)31-13-8-19(9-14-31)22(32)30-17-18-5-4-12-29-16-18/h3-7,12,15-16,19H,1-2,8-11,13-14,17H2,(H,30,32). The van der Waals surface area contributed by atoms with Crippen molar-refractivity contribution in [1.82, 2.24) is 15.2 Å². The molecule has 0 unspecified atom stereocenters. The Bertz CT molecular complexity index is 980. The molecule has 1 aromatic heterocycles. The number of likely N-dealkylation sites (tertiary alicyclic amines) is 1. The van der Waals surface area contributed by atoms with Gasteiger partial charge >= 0.3 is 6.18 Å². The van der Waals surface area contributed by atoms with Crippen LogP contribution in [0, 0.1) is 5.92 Å². The minimum Gasteiger partial charge on any atom is -0.352 e. The first-order valence-electron chi connectivity index (χ1n) is 11.4. The topological polar surface area (TPSA) is 62.3 Å². The molecule has 1 aromatic carbocycles. The van der Waals surface area contributed by atoms with E-state index >= 15 is 0 Å². The molecule has 0 bridgehead atoms. The highest BCUT2D eigenvalue weighted by Gasteiger charge is 2.46. The summed E-state index contributed by atoms with van der Waals surface area (Å²) >= 11 is 0. The van der Waals surface area contributed by atoms with Crippen molar-refractivity contribution < 1.29 is 22.8 Å². The fourth-order valence-corrected chi connectivity index (χ4v) is 5.08. The quantitative estimate of drug-likeness (QED) is 0.718. The molecule has 1 saturated heterocycles. The second-order valence-corrected chi connectivity index (χ2v) is 9.01. The van der Waals surface area contributed by atoms with Crippen LogP contribution in [0.25, 0.3) is 0 Å². The van der Waals surface area contributed by atoms with Crippen molar-refractivity contribution in [1.29, 1.82) is 0 Å². The number of rotatable bonds is 5. The van der Waals surface area contributed by atoms with Gasteiger partial charge in [0.15, 0.2) is 0 Å². The second kappa shape index (κ2) is 9.53. The number of nitrogens with one attached hydrogen (secondary N) is 1. The molecule has 33 heavy (non-hydrogen) atoms. The van der Waals surface area contributed by atoms with Gasteiger partial charge in [0.1, 0.15) is 0 Å². The molecule has 8 heteroatoms. The van der Waals surface area contributed by atoms with E-state index in [0.29, 0.717) is 50.9 Å². The summed E-state index contributed by atoms with van der Waals surface area (Å²) in [6.45, 7) is 1.28. The second-order valence-electron chi connectivity index (χ2n) is 9.01. The molecule has 2 aliphatic rings. The van der Waals surface area contributed by atoms with Crippen LogP contribution in [0.5, 0.6) is 0 Å². The van der Waals surface area contributed by atoms with E-state index in [0.717, 1.165) is 30.5 Å². The van der Waals surface area contributed by atoms with Crippen LogP contribution in [0.4, 0.5) is 13.2 Å². The minimum atomic E-state index is -4.44. The maximum Gasteiger partial charge on any atom is 0.416 e. The summed E-state index contributed by atoms with van der Waals surface area (Å²) in [5.41, 5.74) is -0.251. The van der Waals surface area contributed by atoms with Crippen molar-refractivity contribution in [3.05, 3.63) is 65.5 Å². The first-order valence-corrected chi connectivity index (χ1v) is 11.4. The molecule has 2 fully saturated rings. The summed E-state index contributed by atoms with van der Waals surface area (Å²) in [6.07, 6.45) is 2.76. The van der Waals surface area contributed by atoms with Gasteiger partial charge < -0.3 is 10.2 Å². The summed E-state index contributed by atoms with van der Waals surface area (Å²) in [5, 5.41) is 2.93. The average molecular weight is 460 g/mol. The highest BCUT2D eigenvalue weighted by molar-refractivity contribution is 5.89. The summed E-state index contributed by atoms with van der Waals surface area (Å²) < 4.78 is 39.9. The van der Waals surface area contributed by atoms with E-state index in [-0.39, 0.29) is 17.7 Å². The van der Waals surface area contributed by atoms with Crippen LogP contribution >= 0.6 is 0 Å². The molecule has 5 nitrogen and oxygen atoms in total. The maximum absolute atomic E-state index is 13.6. The SMILES string of the molecule is O=C(NCc1cccnc1)C1CCN(C(=O)C2(c3cccc(C(F)(F)F)c3)CCCC2)CC1. The van der Waals surface area contributed by atoms with Gasteiger partial charge in [0.2, 0.25) is 11.8 Å². The van der Waals surface area contributed by atoms with E-state index in [9.17, 15) is 22.8 Å². The Kier molecular flexibility index (Phi) is 6.72. The van der Waals surface area contributed by atoms with Crippen molar-refractivity contribution in [2.75, 3.05) is 13.1 Å². The molecular formula is C25H28F3N3O2. The normalized spacial score (nSPS) is 18.8. The Morgan fingerprint density at radius 3 is 2.45 bits per heavy atom. The number of halogens is 3. The summed E-state index contributed by atoms with van der Waals surface area (Å²) in [5.74, 6) is -0.327. The van der Waals surface area contributed by atoms with E-state index in [4.69, 9.17) is 0 Å². The van der Waals surface area contributed by atoms with Gasteiger partial charge in [-0.2, -0.15) is 13.2 Å². The molecule has 1 saturated carbocycles. The number of carbonyl (C=O) groups excluding carboxylic acids is 2. The predicted octanol–water partition coefficient (Wildman–Crippen LogP) is 4.47. The van der Waals surface area contributed by atoms with Crippen molar-refractivity contribution in [2.45, 2.75) is 56.7 Å². The lowest BCUT2D eigenvalue weighted by atomic mass is 9.76. The van der Waals surface area contributed by atoms with Crippen molar-refractivity contribution in [2.24, 2.45) is 5.92 Å². The zero-order valence-corrected chi connectivity index (χ0v) is 18.4. The number of carbonyl (C=O) groups is 2. The van der Waals surface area contributed by atoms with Crippen LogP contribution in [0.15, 0.2) is 48.8 Å². The summed E-state index contributed by atoms with van der Waals surface area (Å²) in [6, 6.07) is 8.94. The molecule has 0 spiro atoms. The van der Waals surface area contributed by atoms with Crippen LogP contribution in [0.1, 0.15) is 55.2 Å². The smallest absolute Gasteiger partial charge is 0.352 e. The van der Waals surface area contributed by atoms with E-state index in [2.05, 4.69) is 10.3 Å². The van der Waals surface area contributed by atoms with Gasteiger partial charge in [-0.15, -0.1) is 0 Å². The Hall–Kier alpha value is -2.90. The highest BCUT2D eigenvalue weighted by atomic mass is 19.4. The average Bonchev–Trinajstić information content (AvgIpc) is 3.34. The lowest BCUT2D eigenvalue weighted by molar-refractivity contribution is -0.141. The zero-order chi connectivity index (χ0) is 23.5. The van der Waals surface area contributed by atoms with Crippen LogP contribution in [0.2, 0.25) is 0 Å². The number of hydrogen-bond acceptors (Lipinski definition) is 3. The predicted molar refractivity (Wildman–Crippen MR) is 117 cm³/mol. The number of amides is 2. The highest BCUT2D eigenvalue weighted by Crippen LogP contribution is 2.44. The lowest BCUT2D eigenvalue weighted by Gasteiger charge is -2.38. The maximum atomic E-state index is 13.6. The zero-order valence-electron chi connectivity index (χ0n) is 18.4. The molecule has 2 amide bonds. The van der Waals surface area contributed by atoms with Gasteiger partial charge in [0, 0.05) is 37.9 Å². The number of aromatic nitrogens is 1. The lowest BCUT2D eigenvalue weighted by Crippen LogP contribution is -2.50. The number of alkyl halides is 3. The molecule has 2 heterocycles. The van der Waals surface area contributed by atoms with Crippen LogP contribution in [-0.2, 0) is 27.7 Å². The third-order valence-corrected chi connectivity index (χ3v) is 6.95. The molecule has 1 aliphatic heterocycles. The Morgan fingerprint density at radius 1 is 1.09 bits per heavy atom. The fourth-order valence-electron chi connectivity index (χ4n) is 5.08. The molecule has 0 radical (unpaired) electrons. The van der Waals surface area contributed by atoms with Gasteiger partial charge in [-0.05, 0) is 48.9 Å². The Balaban J connectivity index is 1.41. The molecule has 1 aliphatic carbocycles. The first kappa shape index (κ1) is 23.3. The van der Waals surface area contributed by atoms with E-state index in [1.165, 1.54) is 6.07 Å². The molecular weight excluding hydrogens is 431 g/mol. The van der Waals surface area contributed by atoms with Gasteiger partial charge in [-0.25, -0.2) is 0 Å². The number of nitrogens with zero attached hydrogens (tertiary/aromatic N) is 2. The minimum absolute atomic E-state index is 0.0422. The Labute approximate surface area is 191 Å². The van der Waals surface area contributed by atoms with E-state index in [1.54, 1.807) is 23.4 Å². The summed E-state index contributed by atoms with van der Waals surface area (Å²) in [7, 11) is 0. The Morgan fingerprint density at radius 2 is 1.82 bits per heavy atom. The number of pyridine rings is 1. The number of hydrogen-bond donors (Lipinski definition) is 1. The van der Waals surface area contributed by atoms with Crippen LogP contribution in [-0.4, -0.2) is 34.8 Å². The van der Waals surface area contributed by atoms with Crippen LogP contribution < -0.4 is 5.32 Å². The number of piperidine rings is 1. The van der Waals surface area contributed by atoms with Gasteiger partial charge in [-0.1, -0.05) is 37.1 Å². The van der Waals surface area contributed by atoms with E-state index < -0.39 is 17.2 Å². The molecule has 4 rings (SSSR count). The van der Waals surface area contributed by atoms with Gasteiger partial charge in [0.05, 0.1) is 11.0 Å². The molecule has 2 aromatic rings. The van der Waals surface area contributed by atoms with Crippen LogP contribution in [0.3, 0.4) is 0 Å². The summed E-state index contributed by atoms with van der Waals surface area (Å²) in [4.78, 5) is 32.0. The van der Waals surface area contributed by atoms with Crippen molar-refractivity contribution in [3.63, 3.8) is 0 Å². The third kappa shape index (κ3) is 5.04. The molecule has 0 atom stereocenters. The van der Waals surface area contributed by atoms with Crippen molar-refractivity contribution >= 4 is 11.8 Å². The van der Waals surface area contributed by atoms with Crippen molar-refractivity contribution in [3.8, 4) is 0 Å². The first-order chi connectivity index (χ1) is 15.8. The largest absolute Gasteiger partial charge is 0.416 e. The van der Waals surface area contributed by atoms with E-state index in [1.807, 2.05) is 12.1 Å². The third-order valence-electron chi connectivity index (χ3n) is 6.95. The molecule has 1 N–H and O–H groups in total. The van der Waals surface area contributed by atoms with Gasteiger partial charge in [0.25, 0.3) is 0 Å². The fraction of sp³-hybridized carbons (Fsp3) is 0.480. The molecule has 176 valence electrons.